The van der Waals surface area contributed by atoms with E-state index in [9.17, 15) is 21.6 Å². The Morgan fingerprint density at radius 2 is 1.55 bits per heavy atom. The Hall–Kier alpha value is -1.57. The van der Waals surface area contributed by atoms with E-state index < -0.39 is 26.5 Å². The molecule has 3 nitrogen and oxygen atoms in total. The molecule has 0 radical (unpaired) electrons. The number of nitrogens with two attached hydrogens (primary N) is 1. The first-order valence-electron chi connectivity index (χ1n) is 5.96. The molecule has 0 unspecified atom stereocenters. The number of hydrogen-bond donors (Lipinski definition) is 1. The van der Waals surface area contributed by atoms with E-state index in [0.29, 0.717) is 6.07 Å². The van der Waals surface area contributed by atoms with Crippen molar-refractivity contribution in [2.45, 2.75) is 22.5 Å². The van der Waals surface area contributed by atoms with Crippen LogP contribution in [-0.2, 0) is 22.6 Å². The second kappa shape index (κ2) is 6.68. The molecule has 0 spiro atoms. The number of sulfone groups is 1. The van der Waals surface area contributed by atoms with Crippen LogP contribution in [-0.4, -0.2) is 8.42 Å². The molecule has 2 aromatic carbocycles. The summed E-state index contributed by atoms with van der Waals surface area (Å²) in [5.74, 6) is 0. The summed E-state index contributed by atoms with van der Waals surface area (Å²) in [4.78, 5) is -0.461. The van der Waals surface area contributed by atoms with Gasteiger partial charge in [0.05, 0.1) is 15.4 Å². The summed E-state index contributed by atoms with van der Waals surface area (Å²) < 4.78 is 62.6. The predicted octanol–water partition coefficient (Wildman–Crippen LogP) is 3.42. The molecule has 0 heterocycles. The molecular weight excluding hydrogens is 339 g/mol. The Kier molecular flexibility index (Phi) is 5.61. The molecule has 2 N–H and O–H groups in total. The van der Waals surface area contributed by atoms with Gasteiger partial charge in [0.1, 0.15) is 0 Å². The third-order valence-electron chi connectivity index (χ3n) is 2.94. The minimum absolute atomic E-state index is 0. The normalized spacial score (nSPS) is 11.8. The van der Waals surface area contributed by atoms with Crippen LogP contribution >= 0.6 is 12.4 Å². The third-order valence-corrected chi connectivity index (χ3v) is 4.71. The van der Waals surface area contributed by atoms with Gasteiger partial charge in [0, 0.05) is 6.54 Å². The molecule has 0 aliphatic rings. The molecule has 2 rings (SSSR count). The number of rotatable bonds is 3. The zero-order chi connectivity index (χ0) is 15.7. The molecule has 8 heteroatoms. The van der Waals surface area contributed by atoms with Crippen LogP contribution in [0, 0.1) is 0 Å². The van der Waals surface area contributed by atoms with Crippen LogP contribution in [0.4, 0.5) is 13.2 Å². The topological polar surface area (TPSA) is 60.2 Å². The highest BCUT2D eigenvalue weighted by Crippen LogP contribution is 2.31. The fourth-order valence-electron chi connectivity index (χ4n) is 1.78. The third kappa shape index (κ3) is 3.79. The average molecular weight is 352 g/mol. The lowest BCUT2D eigenvalue weighted by molar-refractivity contribution is -0.137. The van der Waals surface area contributed by atoms with Gasteiger partial charge in [-0.25, -0.2) is 8.42 Å². The van der Waals surface area contributed by atoms with Gasteiger partial charge >= 0.3 is 6.18 Å². The lowest BCUT2D eigenvalue weighted by Gasteiger charge is -2.10. The van der Waals surface area contributed by atoms with Crippen molar-refractivity contribution >= 4 is 22.2 Å². The molecular formula is C14H13ClF3NO2S. The van der Waals surface area contributed by atoms with Crippen LogP contribution in [0.2, 0.25) is 0 Å². The van der Waals surface area contributed by atoms with Crippen molar-refractivity contribution in [2.75, 3.05) is 0 Å². The Balaban J connectivity index is 0.00000242. The molecule has 0 bridgehead atoms. The first kappa shape index (κ1) is 18.5. The van der Waals surface area contributed by atoms with E-state index in [1.54, 1.807) is 0 Å². The minimum atomic E-state index is -4.59. The molecule has 0 saturated heterocycles. The van der Waals surface area contributed by atoms with E-state index >= 15 is 0 Å². The van der Waals surface area contributed by atoms with Crippen molar-refractivity contribution in [1.82, 2.24) is 0 Å². The molecule has 120 valence electrons. The summed E-state index contributed by atoms with van der Waals surface area (Å²) >= 11 is 0. The highest BCUT2D eigenvalue weighted by atomic mass is 35.5. The van der Waals surface area contributed by atoms with Crippen LogP contribution in [0.5, 0.6) is 0 Å². The van der Waals surface area contributed by atoms with Gasteiger partial charge < -0.3 is 5.73 Å². The van der Waals surface area contributed by atoms with Crippen molar-refractivity contribution in [3.05, 3.63) is 59.7 Å². The highest BCUT2D eigenvalue weighted by Gasteiger charge is 2.31. The van der Waals surface area contributed by atoms with Gasteiger partial charge in [-0.05, 0) is 35.9 Å². The summed E-state index contributed by atoms with van der Waals surface area (Å²) in [7, 11) is -3.99. The van der Waals surface area contributed by atoms with Gasteiger partial charge in [-0.2, -0.15) is 13.2 Å². The molecule has 22 heavy (non-hydrogen) atoms. The van der Waals surface area contributed by atoms with E-state index in [2.05, 4.69) is 0 Å². The first-order chi connectivity index (χ1) is 9.75. The second-order valence-corrected chi connectivity index (χ2v) is 6.33. The van der Waals surface area contributed by atoms with Crippen LogP contribution < -0.4 is 5.73 Å². The maximum absolute atomic E-state index is 12.6. The minimum Gasteiger partial charge on any atom is -0.326 e. The maximum atomic E-state index is 12.6. The smallest absolute Gasteiger partial charge is 0.326 e. The monoisotopic (exact) mass is 351 g/mol. The maximum Gasteiger partial charge on any atom is 0.416 e. The largest absolute Gasteiger partial charge is 0.416 e. The van der Waals surface area contributed by atoms with Gasteiger partial charge in [-0.3, -0.25) is 0 Å². The highest BCUT2D eigenvalue weighted by molar-refractivity contribution is 7.91. The zero-order valence-corrected chi connectivity index (χ0v) is 12.8. The fourth-order valence-corrected chi connectivity index (χ4v) is 3.09. The lowest BCUT2D eigenvalue weighted by atomic mass is 10.2. The SMILES string of the molecule is Cl.NCc1ccc(S(=O)(=O)c2cccc(C(F)(F)F)c2)cc1. The number of alkyl halides is 3. The molecule has 0 aliphatic carbocycles. The average Bonchev–Trinajstić information content (AvgIpc) is 2.46. The van der Waals surface area contributed by atoms with E-state index in [-0.39, 0.29) is 23.8 Å². The molecule has 0 aromatic heterocycles. The van der Waals surface area contributed by atoms with Crippen molar-refractivity contribution < 1.29 is 21.6 Å². The Morgan fingerprint density at radius 1 is 0.955 bits per heavy atom. The number of halogens is 4. The van der Waals surface area contributed by atoms with Crippen molar-refractivity contribution in [3.8, 4) is 0 Å². The Morgan fingerprint density at radius 3 is 2.05 bits per heavy atom. The van der Waals surface area contributed by atoms with E-state index in [0.717, 1.165) is 23.8 Å². The Labute approximate surface area is 132 Å². The van der Waals surface area contributed by atoms with Crippen molar-refractivity contribution in [1.29, 1.82) is 0 Å². The van der Waals surface area contributed by atoms with E-state index in [4.69, 9.17) is 5.73 Å². The van der Waals surface area contributed by atoms with Gasteiger partial charge in [0.15, 0.2) is 0 Å². The quantitative estimate of drug-likeness (QED) is 0.921. The summed E-state index contributed by atoms with van der Waals surface area (Å²) in [6.07, 6.45) is -4.59. The van der Waals surface area contributed by atoms with Crippen LogP contribution in [0.3, 0.4) is 0 Å². The van der Waals surface area contributed by atoms with Crippen LogP contribution in [0.1, 0.15) is 11.1 Å². The zero-order valence-electron chi connectivity index (χ0n) is 11.2. The fraction of sp³-hybridized carbons (Fsp3) is 0.143. The molecule has 0 amide bonds. The molecule has 2 aromatic rings. The van der Waals surface area contributed by atoms with Crippen LogP contribution in [0.25, 0.3) is 0 Å². The molecule has 0 atom stereocenters. The van der Waals surface area contributed by atoms with Gasteiger partial charge in [-0.1, -0.05) is 18.2 Å². The standard InChI is InChI=1S/C14H12F3NO2S.ClH/c15-14(16,17)11-2-1-3-13(8-11)21(19,20)12-6-4-10(9-18)5-7-12;/h1-8H,9,18H2;1H. The van der Waals surface area contributed by atoms with Crippen molar-refractivity contribution in [2.24, 2.45) is 5.73 Å². The first-order valence-corrected chi connectivity index (χ1v) is 7.45. The van der Waals surface area contributed by atoms with Gasteiger partial charge in [-0.15, -0.1) is 12.4 Å². The Bertz CT molecular complexity index is 743. The van der Waals surface area contributed by atoms with E-state index in [1.807, 2.05) is 0 Å². The molecule has 0 fully saturated rings. The summed E-state index contributed by atoms with van der Waals surface area (Å²) in [5, 5.41) is 0. The summed E-state index contributed by atoms with van der Waals surface area (Å²) in [5.41, 5.74) is 5.15. The van der Waals surface area contributed by atoms with Gasteiger partial charge in [0.2, 0.25) is 9.84 Å². The molecule has 0 saturated carbocycles. The summed E-state index contributed by atoms with van der Waals surface area (Å²) in [6, 6.07) is 9.39. The van der Waals surface area contributed by atoms with Crippen molar-refractivity contribution in [3.63, 3.8) is 0 Å². The second-order valence-electron chi connectivity index (χ2n) is 4.38. The lowest BCUT2D eigenvalue weighted by Crippen LogP contribution is -2.08. The number of benzene rings is 2. The summed E-state index contributed by atoms with van der Waals surface area (Å²) in [6.45, 7) is 0.254. The predicted molar refractivity (Wildman–Crippen MR) is 78.5 cm³/mol. The van der Waals surface area contributed by atoms with E-state index in [1.165, 1.54) is 24.3 Å². The number of hydrogen-bond acceptors (Lipinski definition) is 3. The van der Waals surface area contributed by atoms with Crippen LogP contribution in [0.15, 0.2) is 58.3 Å². The molecule has 0 aliphatic heterocycles. The van der Waals surface area contributed by atoms with Gasteiger partial charge in [0.25, 0.3) is 0 Å².